The normalized spacial score (nSPS) is 12.1. The Labute approximate surface area is 111 Å². The van der Waals surface area contributed by atoms with Crippen LogP contribution < -0.4 is 4.74 Å². The summed E-state index contributed by atoms with van der Waals surface area (Å²) < 4.78 is 5.14. The Hall–Kier alpha value is -1.52. The second kappa shape index (κ2) is 6.42. The molecule has 0 radical (unpaired) electrons. The van der Waals surface area contributed by atoms with Gasteiger partial charge in [0.1, 0.15) is 5.75 Å². The third-order valence-electron chi connectivity index (χ3n) is 2.51. The lowest BCUT2D eigenvalue weighted by molar-refractivity contribution is 0.203. The van der Waals surface area contributed by atoms with Gasteiger partial charge in [-0.15, -0.1) is 11.8 Å². The van der Waals surface area contributed by atoms with E-state index in [2.05, 4.69) is 4.98 Å². The zero-order valence-electron chi connectivity index (χ0n) is 10.1. The summed E-state index contributed by atoms with van der Waals surface area (Å²) in [7, 11) is 1.62. The van der Waals surface area contributed by atoms with Crippen molar-refractivity contribution < 1.29 is 9.84 Å². The molecule has 1 atom stereocenters. The summed E-state index contributed by atoms with van der Waals surface area (Å²) >= 11 is 1.53. The van der Waals surface area contributed by atoms with Crippen LogP contribution in [0.2, 0.25) is 0 Å². The number of hydrogen-bond donors (Lipinski definition) is 1. The van der Waals surface area contributed by atoms with Crippen molar-refractivity contribution in [1.29, 1.82) is 0 Å². The van der Waals surface area contributed by atoms with Crippen molar-refractivity contribution in [2.75, 3.05) is 12.9 Å². The van der Waals surface area contributed by atoms with Crippen LogP contribution >= 0.6 is 11.8 Å². The Morgan fingerprint density at radius 3 is 2.89 bits per heavy atom. The van der Waals surface area contributed by atoms with Gasteiger partial charge in [-0.1, -0.05) is 18.2 Å². The fraction of sp³-hybridized carbons (Fsp3) is 0.214. The number of methoxy groups -OCH3 is 1. The van der Waals surface area contributed by atoms with Gasteiger partial charge in [-0.3, -0.25) is 0 Å². The highest BCUT2D eigenvalue weighted by Gasteiger charge is 2.09. The van der Waals surface area contributed by atoms with Crippen molar-refractivity contribution >= 4 is 11.8 Å². The Morgan fingerprint density at radius 1 is 1.28 bits per heavy atom. The summed E-state index contributed by atoms with van der Waals surface area (Å²) in [5.74, 6) is 1.33. The van der Waals surface area contributed by atoms with Gasteiger partial charge in [0.05, 0.1) is 18.2 Å². The van der Waals surface area contributed by atoms with Crippen LogP contribution in [0.25, 0.3) is 0 Å². The zero-order chi connectivity index (χ0) is 12.8. The van der Waals surface area contributed by atoms with Gasteiger partial charge in [0.15, 0.2) is 0 Å². The number of benzene rings is 1. The van der Waals surface area contributed by atoms with Gasteiger partial charge >= 0.3 is 0 Å². The quantitative estimate of drug-likeness (QED) is 0.840. The molecule has 1 unspecified atom stereocenters. The Kier molecular flexibility index (Phi) is 4.61. The molecule has 0 spiro atoms. The van der Waals surface area contributed by atoms with Crippen molar-refractivity contribution in [2.24, 2.45) is 0 Å². The van der Waals surface area contributed by atoms with E-state index >= 15 is 0 Å². The molecular weight excluding hydrogens is 246 g/mol. The average molecular weight is 261 g/mol. The van der Waals surface area contributed by atoms with Crippen LogP contribution in [0.5, 0.6) is 5.75 Å². The van der Waals surface area contributed by atoms with Crippen molar-refractivity contribution in [3.05, 3.63) is 54.2 Å². The van der Waals surface area contributed by atoms with Crippen LogP contribution in [-0.4, -0.2) is 23.0 Å². The van der Waals surface area contributed by atoms with Gasteiger partial charge < -0.3 is 9.84 Å². The SMILES string of the molecule is COc1cccc(C(O)CSc2ccccn2)c1. The number of aliphatic hydroxyl groups excluding tert-OH is 1. The first-order chi connectivity index (χ1) is 8.79. The molecule has 0 saturated carbocycles. The Bertz CT molecular complexity index is 490. The van der Waals surface area contributed by atoms with Gasteiger partial charge in [-0.2, -0.15) is 0 Å². The molecule has 0 aliphatic carbocycles. The summed E-state index contributed by atoms with van der Waals surface area (Å²) in [5.41, 5.74) is 0.859. The average Bonchev–Trinajstić information content (AvgIpc) is 2.46. The van der Waals surface area contributed by atoms with Crippen molar-refractivity contribution in [3.63, 3.8) is 0 Å². The van der Waals surface area contributed by atoms with Gasteiger partial charge in [-0.25, -0.2) is 4.98 Å². The van der Waals surface area contributed by atoms with Crippen LogP contribution in [0.15, 0.2) is 53.7 Å². The third-order valence-corrected chi connectivity index (χ3v) is 3.53. The minimum Gasteiger partial charge on any atom is -0.497 e. The molecule has 0 aliphatic heterocycles. The molecule has 0 aliphatic rings. The van der Waals surface area contributed by atoms with E-state index in [9.17, 15) is 5.11 Å². The molecule has 1 N–H and O–H groups in total. The molecule has 1 aromatic carbocycles. The van der Waals surface area contributed by atoms with Crippen molar-refractivity contribution in [3.8, 4) is 5.75 Å². The molecule has 3 nitrogen and oxygen atoms in total. The molecule has 0 amide bonds. The maximum atomic E-state index is 10.1. The molecule has 1 heterocycles. The first kappa shape index (κ1) is 12.9. The van der Waals surface area contributed by atoms with E-state index in [1.165, 1.54) is 11.8 Å². The second-order valence-corrected chi connectivity index (χ2v) is 4.81. The molecule has 2 aromatic rings. The smallest absolute Gasteiger partial charge is 0.119 e. The number of thioether (sulfide) groups is 1. The number of hydrogen-bond acceptors (Lipinski definition) is 4. The highest BCUT2D eigenvalue weighted by atomic mass is 32.2. The summed E-state index contributed by atoms with van der Waals surface area (Å²) in [4.78, 5) is 4.21. The van der Waals surface area contributed by atoms with Crippen molar-refractivity contribution in [1.82, 2.24) is 4.98 Å². The van der Waals surface area contributed by atoms with Gasteiger partial charge in [0, 0.05) is 11.9 Å². The highest BCUT2D eigenvalue weighted by Crippen LogP contribution is 2.25. The van der Waals surface area contributed by atoms with Crippen molar-refractivity contribution in [2.45, 2.75) is 11.1 Å². The number of aromatic nitrogens is 1. The van der Waals surface area contributed by atoms with E-state index in [1.807, 2.05) is 42.5 Å². The minimum absolute atomic E-state index is 0.521. The van der Waals surface area contributed by atoms with E-state index in [0.717, 1.165) is 16.3 Å². The van der Waals surface area contributed by atoms with Crippen LogP contribution in [0.1, 0.15) is 11.7 Å². The molecule has 94 valence electrons. The van der Waals surface area contributed by atoms with Crippen LogP contribution in [0.3, 0.4) is 0 Å². The van der Waals surface area contributed by atoms with E-state index in [4.69, 9.17) is 4.74 Å². The van der Waals surface area contributed by atoms with Gasteiger partial charge in [0.2, 0.25) is 0 Å². The number of pyridine rings is 1. The Balaban J connectivity index is 1.97. The maximum absolute atomic E-state index is 10.1. The van der Waals surface area contributed by atoms with Crippen LogP contribution in [-0.2, 0) is 0 Å². The second-order valence-electron chi connectivity index (χ2n) is 3.77. The summed E-state index contributed by atoms with van der Waals surface area (Å²) in [6.07, 6.45) is 1.23. The first-order valence-electron chi connectivity index (χ1n) is 5.65. The topological polar surface area (TPSA) is 42.4 Å². The van der Waals surface area contributed by atoms with E-state index < -0.39 is 6.10 Å². The fourth-order valence-electron chi connectivity index (χ4n) is 1.54. The number of ether oxygens (including phenoxy) is 1. The highest BCUT2D eigenvalue weighted by molar-refractivity contribution is 7.99. The molecule has 1 aromatic heterocycles. The standard InChI is InChI=1S/C14H15NO2S/c1-17-12-6-4-5-11(9-12)13(16)10-18-14-7-2-3-8-15-14/h2-9,13,16H,10H2,1H3. The predicted molar refractivity (Wildman–Crippen MR) is 72.9 cm³/mol. The van der Waals surface area contributed by atoms with E-state index in [0.29, 0.717) is 5.75 Å². The van der Waals surface area contributed by atoms with E-state index in [-0.39, 0.29) is 0 Å². The lowest BCUT2D eigenvalue weighted by Gasteiger charge is -2.11. The minimum atomic E-state index is -0.521. The summed E-state index contributed by atoms with van der Waals surface area (Å²) in [6, 6.07) is 13.2. The molecule has 0 fully saturated rings. The zero-order valence-corrected chi connectivity index (χ0v) is 10.9. The predicted octanol–water partition coefficient (Wildman–Crippen LogP) is 2.92. The molecule has 0 saturated heterocycles. The lowest BCUT2D eigenvalue weighted by atomic mass is 10.1. The first-order valence-corrected chi connectivity index (χ1v) is 6.64. The largest absolute Gasteiger partial charge is 0.497 e. The van der Waals surface area contributed by atoms with Crippen LogP contribution in [0.4, 0.5) is 0 Å². The molecular formula is C14H15NO2S. The number of rotatable bonds is 5. The fourth-order valence-corrected chi connectivity index (χ4v) is 2.37. The van der Waals surface area contributed by atoms with Crippen LogP contribution in [0, 0.1) is 0 Å². The number of nitrogens with zero attached hydrogens (tertiary/aromatic N) is 1. The molecule has 2 rings (SSSR count). The molecule has 4 heteroatoms. The Morgan fingerprint density at radius 2 is 2.17 bits per heavy atom. The summed E-state index contributed by atoms with van der Waals surface area (Å²) in [6.45, 7) is 0. The summed E-state index contributed by atoms with van der Waals surface area (Å²) in [5, 5.41) is 11.0. The van der Waals surface area contributed by atoms with Gasteiger partial charge in [0.25, 0.3) is 0 Å². The lowest BCUT2D eigenvalue weighted by Crippen LogP contribution is -2.01. The number of aliphatic hydroxyl groups is 1. The third kappa shape index (κ3) is 3.48. The monoisotopic (exact) mass is 261 g/mol. The maximum Gasteiger partial charge on any atom is 0.119 e. The van der Waals surface area contributed by atoms with Gasteiger partial charge in [-0.05, 0) is 29.8 Å². The van der Waals surface area contributed by atoms with E-state index in [1.54, 1.807) is 13.3 Å². The molecule has 0 bridgehead atoms. The molecule has 18 heavy (non-hydrogen) atoms.